The van der Waals surface area contributed by atoms with Crippen LogP contribution in [0.5, 0.6) is 5.75 Å². The van der Waals surface area contributed by atoms with Gasteiger partial charge in [0.25, 0.3) is 0 Å². The van der Waals surface area contributed by atoms with E-state index in [4.69, 9.17) is 14.4 Å². The molecule has 0 atom stereocenters. The van der Waals surface area contributed by atoms with Crippen LogP contribution in [0, 0.1) is 5.92 Å². The Morgan fingerprint density at radius 2 is 2.24 bits per heavy atom. The van der Waals surface area contributed by atoms with Crippen LogP contribution in [0.25, 0.3) is 11.0 Å². The summed E-state index contributed by atoms with van der Waals surface area (Å²) in [6.45, 7) is 4.91. The number of aliphatic hydroxyl groups is 1. The molecule has 0 bridgehead atoms. The van der Waals surface area contributed by atoms with Gasteiger partial charge in [0, 0.05) is 13.0 Å². The molecule has 2 rings (SSSR count). The van der Waals surface area contributed by atoms with Crippen LogP contribution in [0.1, 0.15) is 19.5 Å². The Bertz CT molecular complexity index is 490. The van der Waals surface area contributed by atoms with Gasteiger partial charge in [-0.3, -0.25) is 0 Å². The van der Waals surface area contributed by atoms with Crippen LogP contribution in [0.2, 0.25) is 0 Å². The Kier molecular flexibility index (Phi) is 3.64. The van der Waals surface area contributed by atoms with E-state index in [9.17, 15) is 0 Å². The van der Waals surface area contributed by atoms with Crippen LogP contribution < -0.4 is 4.74 Å². The maximum absolute atomic E-state index is 8.98. The predicted molar refractivity (Wildman–Crippen MR) is 65.1 cm³/mol. The van der Waals surface area contributed by atoms with Crippen LogP contribution >= 0.6 is 0 Å². The van der Waals surface area contributed by atoms with E-state index in [1.54, 1.807) is 0 Å². The van der Waals surface area contributed by atoms with Crippen molar-refractivity contribution in [1.82, 2.24) is 5.16 Å². The first-order valence-electron chi connectivity index (χ1n) is 5.83. The van der Waals surface area contributed by atoms with E-state index in [0.29, 0.717) is 24.5 Å². The molecule has 4 nitrogen and oxygen atoms in total. The van der Waals surface area contributed by atoms with Crippen LogP contribution in [0.15, 0.2) is 22.7 Å². The normalized spacial score (nSPS) is 11.3. The minimum absolute atomic E-state index is 0.0557. The number of aliphatic hydroxyl groups excluding tert-OH is 1. The molecule has 1 N–H and O–H groups in total. The summed E-state index contributed by atoms with van der Waals surface area (Å²) in [7, 11) is 0. The number of nitrogens with zero attached hydrogens (tertiary/aromatic N) is 1. The lowest BCUT2D eigenvalue weighted by Gasteiger charge is -2.09. The molecule has 1 aromatic carbocycles. The molecule has 4 heteroatoms. The Labute approximate surface area is 100 Å². The van der Waals surface area contributed by atoms with Gasteiger partial charge < -0.3 is 14.4 Å². The number of ether oxygens (including phenoxy) is 1. The molecular weight excluding hydrogens is 218 g/mol. The molecule has 1 aromatic heterocycles. The van der Waals surface area contributed by atoms with Crippen molar-refractivity contribution < 1.29 is 14.4 Å². The maximum Gasteiger partial charge on any atom is 0.170 e. The van der Waals surface area contributed by atoms with E-state index in [-0.39, 0.29) is 6.61 Å². The number of hydrogen-bond donors (Lipinski definition) is 1. The zero-order chi connectivity index (χ0) is 12.3. The van der Waals surface area contributed by atoms with Gasteiger partial charge in [-0.15, -0.1) is 0 Å². The number of fused-ring (bicyclic) bond motifs is 1. The molecule has 0 aliphatic carbocycles. The highest BCUT2D eigenvalue weighted by molar-refractivity contribution is 5.86. The molecule has 1 heterocycles. The molecule has 0 amide bonds. The number of rotatable bonds is 5. The number of hydrogen-bond acceptors (Lipinski definition) is 4. The number of benzene rings is 1. The van der Waals surface area contributed by atoms with Gasteiger partial charge in [0.15, 0.2) is 5.58 Å². The molecule has 17 heavy (non-hydrogen) atoms. The predicted octanol–water partition coefficient (Wildman–Crippen LogP) is 2.40. The molecule has 0 saturated carbocycles. The summed E-state index contributed by atoms with van der Waals surface area (Å²) < 4.78 is 11.0. The average Bonchev–Trinajstić information content (AvgIpc) is 2.71. The van der Waals surface area contributed by atoms with Crippen molar-refractivity contribution in [2.45, 2.75) is 20.3 Å². The van der Waals surface area contributed by atoms with Gasteiger partial charge in [-0.25, -0.2) is 0 Å². The van der Waals surface area contributed by atoms with Crippen molar-refractivity contribution in [3.8, 4) is 5.75 Å². The first-order valence-corrected chi connectivity index (χ1v) is 5.83. The Hall–Kier alpha value is -1.55. The summed E-state index contributed by atoms with van der Waals surface area (Å²) in [5, 5.41) is 13.8. The summed E-state index contributed by atoms with van der Waals surface area (Å²) in [5.41, 5.74) is 1.46. The molecule has 2 aromatic rings. The fourth-order valence-corrected chi connectivity index (χ4v) is 1.67. The summed E-state index contributed by atoms with van der Waals surface area (Å²) in [6.07, 6.45) is 0.481. The molecular formula is C13H17NO3. The third-order valence-corrected chi connectivity index (χ3v) is 2.45. The Morgan fingerprint density at radius 1 is 1.41 bits per heavy atom. The minimum Gasteiger partial charge on any atom is -0.492 e. The fraction of sp³-hybridized carbons (Fsp3) is 0.462. The second-order valence-electron chi connectivity index (χ2n) is 4.44. The molecule has 0 spiro atoms. The molecule has 0 aliphatic heterocycles. The second-order valence-corrected chi connectivity index (χ2v) is 4.44. The van der Waals surface area contributed by atoms with Gasteiger partial charge in [-0.2, -0.15) is 0 Å². The Balaban J connectivity index is 2.36. The van der Waals surface area contributed by atoms with Crippen molar-refractivity contribution in [3.63, 3.8) is 0 Å². The SMILES string of the molecule is CC(C)COc1cccc2onc(CCO)c12. The zero-order valence-electron chi connectivity index (χ0n) is 10.1. The standard InChI is InChI=1S/C13H17NO3/c1-9(2)8-16-11-4-3-5-12-13(11)10(6-7-15)14-17-12/h3-5,9,15H,6-8H2,1-2H3. The molecule has 0 saturated heterocycles. The highest BCUT2D eigenvalue weighted by atomic mass is 16.5. The molecule has 0 aliphatic rings. The van der Waals surface area contributed by atoms with Gasteiger partial charge in [0.05, 0.1) is 17.7 Å². The summed E-state index contributed by atoms with van der Waals surface area (Å²) in [4.78, 5) is 0. The van der Waals surface area contributed by atoms with Crippen LogP contribution in [0.3, 0.4) is 0 Å². The zero-order valence-corrected chi connectivity index (χ0v) is 10.1. The van der Waals surface area contributed by atoms with Gasteiger partial charge in [-0.1, -0.05) is 25.1 Å². The lowest BCUT2D eigenvalue weighted by Crippen LogP contribution is -2.05. The molecule has 0 radical (unpaired) electrons. The maximum atomic E-state index is 8.98. The van der Waals surface area contributed by atoms with E-state index < -0.39 is 0 Å². The van der Waals surface area contributed by atoms with E-state index in [2.05, 4.69) is 19.0 Å². The molecule has 92 valence electrons. The number of aromatic nitrogens is 1. The van der Waals surface area contributed by atoms with E-state index in [0.717, 1.165) is 16.8 Å². The summed E-state index contributed by atoms with van der Waals surface area (Å²) >= 11 is 0. The van der Waals surface area contributed by atoms with Crippen molar-refractivity contribution in [1.29, 1.82) is 0 Å². The fourth-order valence-electron chi connectivity index (χ4n) is 1.67. The third-order valence-electron chi connectivity index (χ3n) is 2.45. The van der Waals surface area contributed by atoms with E-state index >= 15 is 0 Å². The van der Waals surface area contributed by atoms with Crippen molar-refractivity contribution in [3.05, 3.63) is 23.9 Å². The minimum atomic E-state index is 0.0557. The second kappa shape index (κ2) is 5.19. The van der Waals surface area contributed by atoms with Crippen molar-refractivity contribution >= 4 is 11.0 Å². The van der Waals surface area contributed by atoms with Gasteiger partial charge >= 0.3 is 0 Å². The first-order chi connectivity index (χ1) is 8.22. The first kappa shape index (κ1) is 11.9. The monoisotopic (exact) mass is 235 g/mol. The van der Waals surface area contributed by atoms with Crippen molar-refractivity contribution in [2.24, 2.45) is 5.92 Å². The smallest absolute Gasteiger partial charge is 0.170 e. The topological polar surface area (TPSA) is 55.5 Å². The third kappa shape index (κ3) is 2.58. The van der Waals surface area contributed by atoms with Crippen molar-refractivity contribution in [2.75, 3.05) is 13.2 Å². The highest BCUT2D eigenvalue weighted by Crippen LogP contribution is 2.29. The average molecular weight is 235 g/mol. The Morgan fingerprint density at radius 3 is 2.94 bits per heavy atom. The van der Waals surface area contributed by atoms with Gasteiger partial charge in [0.2, 0.25) is 0 Å². The summed E-state index contributed by atoms with van der Waals surface area (Å²) in [6, 6.07) is 5.64. The lowest BCUT2D eigenvalue weighted by molar-refractivity contribution is 0.273. The van der Waals surface area contributed by atoms with E-state index in [1.807, 2.05) is 18.2 Å². The van der Waals surface area contributed by atoms with Crippen LogP contribution in [-0.4, -0.2) is 23.5 Å². The van der Waals surface area contributed by atoms with Crippen LogP contribution in [-0.2, 0) is 6.42 Å². The molecule has 0 unspecified atom stereocenters. The highest BCUT2D eigenvalue weighted by Gasteiger charge is 2.13. The van der Waals surface area contributed by atoms with Gasteiger partial charge in [0.1, 0.15) is 5.75 Å². The van der Waals surface area contributed by atoms with Crippen LogP contribution in [0.4, 0.5) is 0 Å². The lowest BCUT2D eigenvalue weighted by atomic mass is 10.1. The largest absolute Gasteiger partial charge is 0.492 e. The van der Waals surface area contributed by atoms with Gasteiger partial charge in [-0.05, 0) is 18.1 Å². The summed E-state index contributed by atoms with van der Waals surface area (Å²) in [5.74, 6) is 1.24. The quantitative estimate of drug-likeness (QED) is 0.864. The van der Waals surface area contributed by atoms with E-state index in [1.165, 1.54) is 0 Å². The molecule has 0 fully saturated rings.